The summed E-state index contributed by atoms with van der Waals surface area (Å²) in [5.41, 5.74) is 0. The molecule has 350 valence electrons. The zero-order valence-electron chi connectivity index (χ0n) is 37.3. The van der Waals surface area contributed by atoms with Crippen molar-refractivity contribution in [1.82, 2.24) is 0 Å². The van der Waals surface area contributed by atoms with Crippen LogP contribution in [0.4, 0.5) is 0 Å². The van der Waals surface area contributed by atoms with Gasteiger partial charge in [-0.2, -0.15) is 8.42 Å². The summed E-state index contributed by atoms with van der Waals surface area (Å²) in [5.74, 6) is -2.03. The van der Waals surface area contributed by atoms with E-state index >= 15 is 0 Å². The van der Waals surface area contributed by atoms with Crippen LogP contribution in [-0.4, -0.2) is 96.0 Å². The molecule has 0 spiro atoms. The summed E-state index contributed by atoms with van der Waals surface area (Å²) < 4.78 is 54.0. The molecule has 1 saturated heterocycles. The number of rotatable bonds is 39. The third-order valence-corrected chi connectivity index (χ3v) is 11.4. The zero-order valence-corrected chi connectivity index (χ0v) is 38.1. The Labute approximate surface area is 363 Å². The van der Waals surface area contributed by atoms with Gasteiger partial charge in [0.25, 0.3) is 10.1 Å². The van der Waals surface area contributed by atoms with Crippen molar-refractivity contribution in [3.63, 3.8) is 0 Å². The van der Waals surface area contributed by atoms with E-state index in [0.29, 0.717) is 12.8 Å². The number of aliphatic hydroxyl groups is 3. The predicted molar refractivity (Wildman–Crippen MR) is 238 cm³/mol. The normalized spacial score (nSPS) is 20.4. The maximum absolute atomic E-state index is 12.8. The van der Waals surface area contributed by atoms with E-state index in [-0.39, 0.29) is 19.4 Å². The Morgan fingerprint density at radius 1 is 0.567 bits per heavy atom. The molecule has 1 heterocycles. The molecular weight excluding hydrogens is 789 g/mol. The lowest BCUT2D eigenvalue weighted by Crippen LogP contribution is -2.60. The molecule has 0 aliphatic carbocycles. The third-order valence-electron chi connectivity index (χ3n) is 10.7. The lowest BCUT2D eigenvalue weighted by molar-refractivity contribution is -0.297. The van der Waals surface area contributed by atoms with E-state index in [0.717, 1.165) is 51.4 Å². The second-order valence-electron chi connectivity index (χ2n) is 16.4. The first kappa shape index (κ1) is 55.9. The second-order valence-corrected chi connectivity index (χ2v) is 17.9. The van der Waals surface area contributed by atoms with Crippen LogP contribution in [0.25, 0.3) is 0 Å². The van der Waals surface area contributed by atoms with Crippen molar-refractivity contribution >= 4 is 22.1 Å². The highest BCUT2D eigenvalue weighted by Gasteiger charge is 2.46. The number of hydrogen-bond acceptors (Lipinski definition) is 11. The molecule has 1 aliphatic heterocycles. The Bertz CT molecular complexity index is 1250. The van der Waals surface area contributed by atoms with Crippen LogP contribution in [0.15, 0.2) is 36.5 Å². The first-order chi connectivity index (χ1) is 29.0. The molecule has 0 aromatic carbocycles. The average Bonchev–Trinajstić information content (AvgIpc) is 3.21. The van der Waals surface area contributed by atoms with Crippen LogP contribution in [-0.2, 0) is 38.7 Å². The van der Waals surface area contributed by atoms with Gasteiger partial charge in [-0.3, -0.25) is 14.1 Å². The summed E-state index contributed by atoms with van der Waals surface area (Å²) in [6, 6.07) is 0. The molecule has 60 heavy (non-hydrogen) atoms. The Morgan fingerprint density at radius 3 is 1.52 bits per heavy atom. The van der Waals surface area contributed by atoms with Crippen molar-refractivity contribution in [2.75, 3.05) is 19.0 Å². The topological polar surface area (TPSA) is 186 Å². The lowest BCUT2D eigenvalue weighted by Gasteiger charge is -2.40. The van der Waals surface area contributed by atoms with E-state index in [9.17, 15) is 37.9 Å². The van der Waals surface area contributed by atoms with E-state index < -0.39 is 71.2 Å². The molecule has 2 unspecified atom stereocenters. The largest absolute Gasteiger partial charge is 0.462 e. The van der Waals surface area contributed by atoms with Crippen molar-refractivity contribution in [3.05, 3.63) is 36.5 Å². The fourth-order valence-electron chi connectivity index (χ4n) is 7.00. The summed E-state index contributed by atoms with van der Waals surface area (Å²) in [6.07, 6.45) is 33.3. The van der Waals surface area contributed by atoms with E-state index in [4.69, 9.17) is 18.9 Å². The summed E-state index contributed by atoms with van der Waals surface area (Å²) in [6.45, 7) is 3.72. The number of hydrogen-bond donors (Lipinski definition) is 4. The molecule has 0 aromatic heterocycles. The van der Waals surface area contributed by atoms with Crippen LogP contribution >= 0.6 is 0 Å². The standard InChI is InChI=1S/C47H84O12S/c1-3-5-7-9-11-13-15-17-19-20-22-23-25-27-29-31-33-35-42(48)56-37-40(38-57-47-46(52)45(51)44(50)41(59-47)39-60(53,54)55)58-43(49)36-34-32-30-28-26-24-21-18-16-14-12-10-8-6-4-2/h17-19,21,26,28,40-41,44-47,50-52H,3-16,20,22-25,27,29-39H2,1-2H3,(H,53,54,55)/b19-17+,21-18+,28-26+/t40-,41-,44-,45?,46?,47+/m1/s1. The molecule has 6 atom stereocenters. The van der Waals surface area contributed by atoms with Crippen LogP contribution < -0.4 is 0 Å². The zero-order chi connectivity index (χ0) is 44.1. The van der Waals surface area contributed by atoms with Crippen molar-refractivity contribution in [2.45, 2.75) is 230 Å². The van der Waals surface area contributed by atoms with Crippen molar-refractivity contribution < 1.29 is 56.8 Å². The highest BCUT2D eigenvalue weighted by atomic mass is 32.2. The van der Waals surface area contributed by atoms with Gasteiger partial charge in [0, 0.05) is 12.8 Å². The highest BCUT2D eigenvalue weighted by molar-refractivity contribution is 7.85. The van der Waals surface area contributed by atoms with Gasteiger partial charge in [-0.25, -0.2) is 0 Å². The molecular formula is C47H84O12S. The number of unbranched alkanes of at least 4 members (excludes halogenated alkanes) is 21. The maximum Gasteiger partial charge on any atom is 0.306 e. The second kappa shape index (κ2) is 37.4. The third kappa shape index (κ3) is 31.7. The first-order valence-corrected chi connectivity index (χ1v) is 25.2. The summed E-state index contributed by atoms with van der Waals surface area (Å²) in [7, 11) is -4.61. The number of aliphatic hydroxyl groups excluding tert-OH is 3. The Kier molecular flexibility index (Phi) is 34.9. The van der Waals surface area contributed by atoms with Gasteiger partial charge in [0.2, 0.25) is 0 Å². The monoisotopic (exact) mass is 873 g/mol. The van der Waals surface area contributed by atoms with Gasteiger partial charge in [0.1, 0.15) is 36.8 Å². The molecule has 13 heteroatoms. The Morgan fingerprint density at radius 2 is 1.00 bits per heavy atom. The van der Waals surface area contributed by atoms with Crippen molar-refractivity contribution in [3.8, 4) is 0 Å². The average molecular weight is 873 g/mol. The van der Waals surface area contributed by atoms with Crippen molar-refractivity contribution in [1.29, 1.82) is 0 Å². The first-order valence-electron chi connectivity index (χ1n) is 23.5. The molecule has 0 aromatic rings. The summed E-state index contributed by atoms with van der Waals surface area (Å²) >= 11 is 0. The predicted octanol–water partition coefficient (Wildman–Crippen LogP) is 9.78. The van der Waals surface area contributed by atoms with Gasteiger partial charge < -0.3 is 34.3 Å². The minimum Gasteiger partial charge on any atom is -0.462 e. The van der Waals surface area contributed by atoms with Crippen LogP contribution in [0.5, 0.6) is 0 Å². The smallest absolute Gasteiger partial charge is 0.306 e. The van der Waals surface area contributed by atoms with Gasteiger partial charge in [-0.05, 0) is 70.6 Å². The van der Waals surface area contributed by atoms with Crippen LogP contribution in [0.2, 0.25) is 0 Å². The van der Waals surface area contributed by atoms with E-state index in [1.54, 1.807) is 0 Å². The minimum absolute atomic E-state index is 0.121. The molecule has 0 bridgehead atoms. The Balaban J connectivity index is 2.45. The summed E-state index contributed by atoms with van der Waals surface area (Å²) in [5, 5.41) is 30.9. The van der Waals surface area contributed by atoms with E-state index in [1.807, 2.05) is 0 Å². The molecule has 4 N–H and O–H groups in total. The number of carbonyl (C=O) groups is 2. The number of ether oxygens (including phenoxy) is 4. The van der Waals surface area contributed by atoms with Crippen LogP contribution in [0.3, 0.4) is 0 Å². The van der Waals surface area contributed by atoms with Gasteiger partial charge >= 0.3 is 11.9 Å². The van der Waals surface area contributed by atoms with Gasteiger partial charge in [0.05, 0.1) is 6.61 Å². The minimum atomic E-state index is -4.61. The van der Waals surface area contributed by atoms with E-state index in [2.05, 4.69) is 50.3 Å². The van der Waals surface area contributed by atoms with Gasteiger partial charge in [0.15, 0.2) is 12.4 Å². The quantitative estimate of drug-likeness (QED) is 0.0199. The van der Waals surface area contributed by atoms with Gasteiger partial charge in [-0.15, -0.1) is 0 Å². The number of carbonyl (C=O) groups excluding carboxylic acids is 2. The van der Waals surface area contributed by atoms with Crippen LogP contribution in [0, 0.1) is 0 Å². The molecule has 1 aliphatic rings. The van der Waals surface area contributed by atoms with E-state index in [1.165, 1.54) is 103 Å². The lowest BCUT2D eigenvalue weighted by atomic mass is 10.00. The molecule has 0 radical (unpaired) electrons. The number of esters is 2. The highest BCUT2D eigenvalue weighted by Crippen LogP contribution is 2.24. The molecule has 0 amide bonds. The molecule has 1 rings (SSSR count). The summed E-state index contributed by atoms with van der Waals surface area (Å²) in [4.78, 5) is 25.4. The fraction of sp³-hybridized carbons (Fsp3) is 0.830. The Hall–Kier alpha value is -2.13. The molecule has 0 saturated carbocycles. The van der Waals surface area contributed by atoms with Crippen LogP contribution in [0.1, 0.15) is 194 Å². The van der Waals surface area contributed by atoms with Gasteiger partial charge in [-0.1, -0.05) is 147 Å². The molecule has 1 fully saturated rings. The van der Waals surface area contributed by atoms with Crippen molar-refractivity contribution in [2.24, 2.45) is 0 Å². The fourth-order valence-corrected chi connectivity index (χ4v) is 7.69. The number of allylic oxidation sites excluding steroid dienone is 6. The SMILES string of the molecule is CCCCCCCC/C=C/C/C=C/CCCCC(=O)O[C@H](COC(=O)CCCCCCCCC/C=C/CCCCCCCC)CO[C@H]1O[C@H](CS(=O)(=O)O)[C@@H](O)C(O)C1O. The molecule has 12 nitrogen and oxygen atoms in total. The maximum atomic E-state index is 12.8.